The van der Waals surface area contributed by atoms with Crippen molar-refractivity contribution in [2.24, 2.45) is 5.73 Å². The summed E-state index contributed by atoms with van der Waals surface area (Å²) >= 11 is 0. The molecule has 0 bridgehead atoms. The minimum Gasteiger partial charge on any atom is -0.325 e. The first-order valence-corrected chi connectivity index (χ1v) is 8.83. The first-order chi connectivity index (χ1) is 7.11. The van der Waals surface area contributed by atoms with Gasteiger partial charge in [0.1, 0.15) is 9.84 Å². The van der Waals surface area contributed by atoms with Gasteiger partial charge in [-0.1, -0.05) is 0 Å². The lowest BCUT2D eigenvalue weighted by Gasteiger charge is -2.25. The Bertz CT molecular complexity index is 443. The molecule has 0 radical (unpaired) electrons. The average Bonchev–Trinajstić information content (AvgIpc) is 2.34. The number of sulfone groups is 2. The molecule has 8 heteroatoms. The molecule has 6 nitrogen and oxygen atoms in total. The van der Waals surface area contributed by atoms with Crippen LogP contribution >= 0.6 is 0 Å². The van der Waals surface area contributed by atoms with Crippen LogP contribution in [0.5, 0.6) is 0 Å². The highest BCUT2D eigenvalue weighted by atomic mass is 32.2. The minimum absolute atomic E-state index is 0.0130. The first-order valence-electron chi connectivity index (χ1n) is 4.95. The fourth-order valence-electron chi connectivity index (χ4n) is 1.79. The lowest BCUT2D eigenvalue weighted by molar-refractivity contribution is 0.257. The van der Waals surface area contributed by atoms with Gasteiger partial charge >= 0.3 is 0 Å². The molecule has 1 aliphatic rings. The molecule has 96 valence electrons. The predicted octanol–water partition coefficient (Wildman–Crippen LogP) is -1.91. The first kappa shape index (κ1) is 13.9. The van der Waals surface area contributed by atoms with Gasteiger partial charge in [0.25, 0.3) is 0 Å². The molecule has 2 unspecified atom stereocenters. The van der Waals surface area contributed by atoms with Gasteiger partial charge in [0.05, 0.1) is 17.3 Å². The normalized spacial score (nSPS) is 29.8. The number of likely N-dealkylation sites (N-methyl/N-ethyl adjacent to an activating group) is 1. The maximum atomic E-state index is 11.3. The molecule has 1 aliphatic heterocycles. The number of hydrogen-bond acceptors (Lipinski definition) is 6. The number of nitrogens with zero attached hydrogens (tertiary/aromatic N) is 1. The van der Waals surface area contributed by atoms with Crippen LogP contribution in [0.25, 0.3) is 0 Å². The van der Waals surface area contributed by atoms with E-state index in [9.17, 15) is 16.8 Å². The van der Waals surface area contributed by atoms with Crippen LogP contribution in [-0.4, -0.2) is 70.9 Å². The highest BCUT2D eigenvalue weighted by Crippen LogP contribution is 2.15. The molecule has 0 aromatic carbocycles. The summed E-state index contributed by atoms with van der Waals surface area (Å²) in [4.78, 5) is 1.72. The monoisotopic (exact) mass is 270 g/mol. The van der Waals surface area contributed by atoms with Crippen molar-refractivity contribution < 1.29 is 16.8 Å². The second kappa shape index (κ2) is 4.59. The van der Waals surface area contributed by atoms with E-state index in [1.807, 2.05) is 0 Å². The van der Waals surface area contributed by atoms with Crippen molar-refractivity contribution in [3.63, 3.8) is 0 Å². The minimum atomic E-state index is -3.06. The van der Waals surface area contributed by atoms with Crippen LogP contribution in [0.2, 0.25) is 0 Å². The summed E-state index contributed by atoms with van der Waals surface area (Å²) in [6.07, 6.45) is 1.16. The zero-order chi connectivity index (χ0) is 12.6. The fraction of sp³-hybridized carbons (Fsp3) is 1.00. The van der Waals surface area contributed by atoms with E-state index in [4.69, 9.17) is 5.73 Å². The third-order valence-electron chi connectivity index (χ3n) is 2.75. The maximum Gasteiger partial charge on any atom is 0.153 e. The molecule has 0 amide bonds. The van der Waals surface area contributed by atoms with Gasteiger partial charge < -0.3 is 5.73 Å². The Morgan fingerprint density at radius 2 is 1.94 bits per heavy atom. The molecule has 0 aromatic heterocycles. The summed E-state index contributed by atoms with van der Waals surface area (Å²) in [6.45, 7) is 0.312. The van der Waals surface area contributed by atoms with Crippen molar-refractivity contribution in [1.82, 2.24) is 4.90 Å². The zero-order valence-electron chi connectivity index (χ0n) is 9.46. The largest absolute Gasteiger partial charge is 0.325 e. The smallest absolute Gasteiger partial charge is 0.153 e. The Morgan fingerprint density at radius 3 is 2.31 bits per heavy atom. The van der Waals surface area contributed by atoms with E-state index in [0.717, 1.165) is 6.26 Å². The van der Waals surface area contributed by atoms with Gasteiger partial charge in [-0.05, 0) is 7.05 Å². The van der Waals surface area contributed by atoms with Crippen LogP contribution in [-0.2, 0) is 19.7 Å². The number of rotatable bonds is 4. The zero-order valence-corrected chi connectivity index (χ0v) is 11.1. The molecule has 1 heterocycles. The van der Waals surface area contributed by atoms with E-state index in [1.165, 1.54) is 0 Å². The van der Waals surface area contributed by atoms with E-state index in [0.29, 0.717) is 6.54 Å². The number of hydrogen-bond donors (Lipinski definition) is 1. The van der Waals surface area contributed by atoms with Crippen LogP contribution in [0.4, 0.5) is 0 Å². The van der Waals surface area contributed by atoms with Crippen LogP contribution in [0, 0.1) is 0 Å². The van der Waals surface area contributed by atoms with Crippen molar-refractivity contribution >= 4 is 19.7 Å². The molecule has 1 fully saturated rings. The Kier molecular flexibility index (Phi) is 3.99. The molecular formula is C8H18N2O4S2. The third-order valence-corrected chi connectivity index (χ3v) is 5.41. The van der Waals surface area contributed by atoms with Crippen molar-refractivity contribution in [2.45, 2.75) is 12.1 Å². The van der Waals surface area contributed by atoms with Crippen molar-refractivity contribution in [3.8, 4) is 0 Å². The summed E-state index contributed by atoms with van der Waals surface area (Å²) in [7, 11) is -4.38. The van der Waals surface area contributed by atoms with Gasteiger partial charge in [-0.2, -0.15) is 0 Å². The third kappa shape index (κ3) is 4.00. The number of nitrogens with two attached hydrogens (primary N) is 1. The van der Waals surface area contributed by atoms with Gasteiger partial charge in [-0.25, -0.2) is 16.8 Å². The Morgan fingerprint density at radius 1 is 1.38 bits per heavy atom. The Hall–Kier alpha value is -0.180. The topological polar surface area (TPSA) is 97.5 Å². The summed E-state index contributed by atoms with van der Waals surface area (Å²) in [6, 6.07) is -0.693. The van der Waals surface area contributed by atoms with Gasteiger partial charge in [0.2, 0.25) is 0 Å². The molecule has 0 saturated carbocycles. The molecule has 1 rings (SSSR count). The predicted molar refractivity (Wildman–Crippen MR) is 62.8 cm³/mol. The highest BCUT2D eigenvalue weighted by Gasteiger charge is 2.37. The van der Waals surface area contributed by atoms with Gasteiger partial charge in [0.15, 0.2) is 9.84 Å². The SMILES string of the molecule is CN(CCS(C)(=O)=O)C1CS(=O)(=O)CC1N. The van der Waals surface area contributed by atoms with Crippen LogP contribution in [0.1, 0.15) is 0 Å². The summed E-state index contributed by atoms with van der Waals surface area (Å²) in [5.41, 5.74) is 5.72. The lowest BCUT2D eigenvalue weighted by Crippen LogP contribution is -2.46. The Balaban J connectivity index is 2.59. The fourth-order valence-corrected chi connectivity index (χ4v) is 4.37. The molecule has 2 N–H and O–H groups in total. The molecular weight excluding hydrogens is 252 g/mol. The van der Waals surface area contributed by atoms with Crippen LogP contribution < -0.4 is 5.73 Å². The van der Waals surface area contributed by atoms with E-state index in [1.54, 1.807) is 11.9 Å². The van der Waals surface area contributed by atoms with Crippen molar-refractivity contribution in [2.75, 3.05) is 37.1 Å². The Labute approximate surface area is 96.6 Å². The molecule has 0 spiro atoms. The molecule has 1 saturated heterocycles. The summed E-state index contributed by atoms with van der Waals surface area (Å²) in [5.74, 6) is 0.0298. The second-order valence-corrected chi connectivity index (χ2v) is 8.83. The maximum absolute atomic E-state index is 11.3. The standard InChI is InChI=1S/C8H18N2O4S2/c1-10(3-4-15(2,11)12)8-6-16(13,14)5-7(8)9/h7-8H,3-6,9H2,1-2H3. The van der Waals surface area contributed by atoms with Crippen molar-refractivity contribution in [1.29, 1.82) is 0 Å². The molecule has 2 atom stereocenters. The quantitative estimate of drug-likeness (QED) is 0.640. The van der Waals surface area contributed by atoms with Crippen molar-refractivity contribution in [3.05, 3.63) is 0 Å². The average molecular weight is 270 g/mol. The van der Waals surface area contributed by atoms with Gasteiger partial charge in [-0.15, -0.1) is 0 Å². The van der Waals surface area contributed by atoms with E-state index >= 15 is 0 Å². The second-order valence-electron chi connectivity index (χ2n) is 4.42. The summed E-state index contributed by atoms with van der Waals surface area (Å²) < 4.78 is 44.6. The molecule has 0 aliphatic carbocycles. The van der Waals surface area contributed by atoms with Gasteiger partial charge in [0, 0.05) is 24.9 Å². The van der Waals surface area contributed by atoms with Crippen LogP contribution in [0.15, 0.2) is 0 Å². The van der Waals surface area contributed by atoms with E-state index in [-0.39, 0.29) is 23.3 Å². The summed E-state index contributed by atoms with van der Waals surface area (Å²) in [5, 5.41) is 0. The molecule has 0 aromatic rings. The van der Waals surface area contributed by atoms with Crippen LogP contribution in [0.3, 0.4) is 0 Å². The lowest BCUT2D eigenvalue weighted by atomic mass is 10.1. The van der Waals surface area contributed by atoms with Gasteiger partial charge in [-0.3, -0.25) is 4.90 Å². The highest BCUT2D eigenvalue weighted by molar-refractivity contribution is 7.91. The van der Waals surface area contributed by atoms with E-state index in [2.05, 4.69) is 0 Å². The molecule has 16 heavy (non-hydrogen) atoms. The van der Waals surface area contributed by atoms with E-state index < -0.39 is 25.7 Å².